The van der Waals surface area contributed by atoms with Gasteiger partial charge in [-0.05, 0) is 18.8 Å². The lowest BCUT2D eigenvalue weighted by Crippen LogP contribution is -2.60. The van der Waals surface area contributed by atoms with Gasteiger partial charge in [0.2, 0.25) is 0 Å². The van der Waals surface area contributed by atoms with Crippen molar-refractivity contribution in [3.05, 3.63) is 34.2 Å². The quantitative estimate of drug-likeness (QED) is 0.468. The van der Waals surface area contributed by atoms with Crippen LogP contribution in [0.5, 0.6) is 0 Å². The largest absolute Gasteiger partial charge is 0.301 e. The highest BCUT2D eigenvalue weighted by Crippen LogP contribution is 2.23. The molecule has 15 nitrogen and oxygen atoms in total. The first kappa shape index (κ1) is 25.9. The van der Waals surface area contributed by atoms with Crippen LogP contribution in [0.4, 0.5) is 0 Å². The second-order valence-electron chi connectivity index (χ2n) is 9.81. The fourth-order valence-corrected chi connectivity index (χ4v) is 4.36. The van der Waals surface area contributed by atoms with Crippen molar-refractivity contribution in [2.45, 2.75) is 46.5 Å². The summed E-state index contributed by atoms with van der Waals surface area (Å²) < 4.78 is 4.22. The van der Waals surface area contributed by atoms with Gasteiger partial charge in [0.15, 0.2) is 0 Å². The number of carbonyl (C=O) groups is 3. The number of aromatic nitrogens is 9. The molecule has 15 heteroatoms. The van der Waals surface area contributed by atoms with Crippen LogP contribution in [0, 0.1) is 6.92 Å². The molecule has 37 heavy (non-hydrogen) atoms. The summed E-state index contributed by atoms with van der Waals surface area (Å²) in [6, 6.07) is 0. The van der Waals surface area contributed by atoms with E-state index in [0.717, 1.165) is 0 Å². The molecule has 3 aromatic heterocycles. The van der Waals surface area contributed by atoms with E-state index in [-0.39, 0.29) is 37.5 Å². The van der Waals surface area contributed by atoms with Gasteiger partial charge in [0.1, 0.15) is 17.1 Å². The van der Waals surface area contributed by atoms with E-state index in [1.165, 1.54) is 28.7 Å². The molecule has 198 valence electrons. The molecule has 0 saturated carbocycles. The van der Waals surface area contributed by atoms with Crippen molar-refractivity contribution in [3.63, 3.8) is 0 Å². The molecule has 4 heterocycles. The Labute approximate surface area is 214 Å². The molecule has 4 rings (SSSR count). The fourth-order valence-electron chi connectivity index (χ4n) is 4.36. The number of carbonyl (C=O) groups excluding carboxylic acids is 3. The standard InChI is InChI=1S/C22H32N12O3/c1-12(2)15-18(30(7)27-24-15)21(36)33-9-32(20(35)17-14(5)23-26-29(17)6)10-34(11-33)22(37)19-16(13(3)4)25-28-31(19)8/h12-13H,9-11H2,1-8H3. The fraction of sp³-hybridized carbons (Fsp3) is 0.591. The molecule has 3 aromatic rings. The van der Waals surface area contributed by atoms with E-state index in [2.05, 4.69) is 30.9 Å². The molecule has 0 atom stereocenters. The maximum atomic E-state index is 13.8. The lowest BCUT2D eigenvalue weighted by molar-refractivity contribution is -0.00745. The van der Waals surface area contributed by atoms with Crippen molar-refractivity contribution in [2.24, 2.45) is 21.1 Å². The molecule has 0 spiro atoms. The Morgan fingerprint density at radius 1 is 0.595 bits per heavy atom. The van der Waals surface area contributed by atoms with Crippen molar-refractivity contribution in [1.82, 2.24) is 59.7 Å². The van der Waals surface area contributed by atoms with Crippen molar-refractivity contribution in [3.8, 4) is 0 Å². The molecule has 0 aliphatic carbocycles. The first-order valence-corrected chi connectivity index (χ1v) is 12.0. The Hall–Kier alpha value is -4.17. The zero-order chi connectivity index (χ0) is 27.2. The smallest absolute Gasteiger partial charge is 0.276 e. The van der Waals surface area contributed by atoms with E-state index in [1.807, 2.05) is 27.7 Å². The van der Waals surface area contributed by atoms with Crippen LogP contribution in [0.15, 0.2) is 0 Å². The number of rotatable bonds is 5. The van der Waals surface area contributed by atoms with Gasteiger partial charge in [-0.3, -0.25) is 14.4 Å². The van der Waals surface area contributed by atoms with Gasteiger partial charge in [-0.25, -0.2) is 14.0 Å². The third-order valence-corrected chi connectivity index (χ3v) is 6.29. The monoisotopic (exact) mass is 512 g/mol. The maximum absolute atomic E-state index is 13.8. The van der Waals surface area contributed by atoms with Crippen molar-refractivity contribution in [1.29, 1.82) is 0 Å². The summed E-state index contributed by atoms with van der Waals surface area (Å²) in [6.45, 7) is 9.23. The van der Waals surface area contributed by atoms with Gasteiger partial charge in [-0.2, -0.15) is 0 Å². The molecule has 1 aliphatic rings. The molecular formula is C22H32N12O3. The molecular weight excluding hydrogens is 480 g/mol. The van der Waals surface area contributed by atoms with Crippen LogP contribution in [-0.4, -0.2) is 97.4 Å². The summed E-state index contributed by atoms with van der Waals surface area (Å²) in [5.74, 6) is -1.28. The number of amides is 3. The second-order valence-corrected chi connectivity index (χ2v) is 9.81. The van der Waals surface area contributed by atoms with Crippen LogP contribution in [0.2, 0.25) is 0 Å². The lowest BCUT2D eigenvalue weighted by Gasteiger charge is -2.42. The maximum Gasteiger partial charge on any atom is 0.276 e. The van der Waals surface area contributed by atoms with Gasteiger partial charge in [-0.15, -0.1) is 15.3 Å². The summed E-state index contributed by atoms with van der Waals surface area (Å²) in [5, 5.41) is 24.3. The summed E-state index contributed by atoms with van der Waals surface area (Å²) in [6.07, 6.45) is 0. The third-order valence-electron chi connectivity index (χ3n) is 6.29. The van der Waals surface area contributed by atoms with Gasteiger partial charge >= 0.3 is 0 Å². The third kappa shape index (κ3) is 4.56. The molecule has 3 amide bonds. The SMILES string of the molecule is Cc1nnn(C)c1C(=O)N1CN(C(=O)c2c(C(C)C)nnn2C)CN(C(=O)c2c(C(C)C)nnn2C)C1. The lowest BCUT2D eigenvalue weighted by atomic mass is 10.1. The predicted octanol–water partition coefficient (Wildman–Crippen LogP) is 0.240. The molecule has 0 bridgehead atoms. The Balaban J connectivity index is 1.74. The Kier molecular flexibility index (Phi) is 6.80. The average molecular weight is 513 g/mol. The van der Waals surface area contributed by atoms with Crippen LogP contribution in [0.1, 0.15) is 88.1 Å². The predicted molar refractivity (Wildman–Crippen MR) is 129 cm³/mol. The zero-order valence-electron chi connectivity index (χ0n) is 22.4. The second kappa shape index (κ2) is 9.71. The zero-order valence-corrected chi connectivity index (χ0v) is 22.4. The number of hydrogen-bond donors (Lipinski definition) is 0. The summed E-state index contributed by atoms with van der Waals surface area (Å²) >= 11 is 0. The van der Waals surface area contributed by atoms with Gasteiger partial charge in [0.05, 0.1) is 37.1 Å². The summed E-state index contributed by atoms with van der Waals surface area (Å²) in [4.78, 5) is 45.4. The van der Waals surface area contributed by atoms with Crippen molar-refractivity contribution in [2.75, 3.05) is 20.0 Å². The van der Waals surface area contributed by atoms with E-state index in [4.69, 9.17) is 0 Å². The van der Waals surface area contributed by atoms with Crippen LogP contribution >= 0.6 is 0 Å². The van der Waals surface area contributed by atoms with E-state index >= 15 is 0 Å². The van der Waals surface area contributed by atoms with E-state index in [1.54, 1.807) is 28.1 Å². The van der Waals surface area contributed by atoms with E-state index in [9.17, 15) is 14.4 Å². The van der Waals surface area contributed by atoms with Crippen molar-refractivity contribution < 1.29 is 14.4 Å². The van der Waals surface area contributed by atoms with E-state index < -0.39 is 17.7 Å². The summed E-state index contributed by atoms with van der Waals surface area (Å²) in [5.41, 5.74) is 2.42. The number of hydrogen-bond acceptors (Lipinski definition) is 9. The van der Waals surface area contributed by atoms with Gasteiger partial charge in [0, 0.05) is 21.1 Å². The van der Waals surface area contributed by atoms with Gasteiger partial charge in [0.25, 0.3) is 17.7 Å². The summed E-state index contributed by atoms with van der Waals surface area (Å²) in [7, 11) is 4.90. The van der Waals surface area contributed by atoms with Crippen LogP contribution < -0.4 is 0 Å². The van der Waals surface area contributed by atoms with Crippen molar-refractivity contribution >= 4 is 17.7 Å². The average Bonchev–Trinajstić information content (AvgIpc) is 3.53. The number of nitrogens with zero attached hydrogens (tertiary/aromatic N) is 12. The Bertz CT molecular complexity index is 1260. The molecule has 0 N–H and O–H groups in total. The minimum absolute atomic E-state index is 0.0461. The van der Waals surface area contributed by atoms with Crippen LogP contribution in [0.25, 0.3) is 0 Å². The minimum atomic E-state index is -0.403. The van der Waals surface area contributed by atoms with Gasteiger partial charge in [-0.1, -0.05) is 43.3 Å². The first-order chi connectivity index (χ1) is 17.4. The highest BCUT2D eigenvalue weighted by molar-refractivity contribution is 5.98. The van der Waals surface area contributed by atoms with E-state index in [0.29, 0.717) is 28.5 Å². The molecule has 0 unspecified atom stereocenters. The molecule has 0 radical (unpaired) electrons. The minimum Gasteiger partial charge on any atom is -0.301 e. The first-order valence-electron chi connectivity index (χ1n) is 12.0. The topological polar surface area (TPSA) is 153 Å². The molecule has 1 saturated heterocycles. The molecule has 1 fully saturated rings. The van der Waals surface area contributed by atoms with Gasteiger partial charge < -0.3 is 14.7 Å². The molecule has 1 aliphatic heterocycles. The normalized spacial score (nSPS) is 14.3. The Morgan fingerprint density at radius 2 is 0.919 bits per heavy atom. The highest BCUT2D eigenvalue weighted by Gasteiger charge is 2.38. The Morgan fingerprint density at radius 3 is 1.24 bits per heavy atom. The van der Waals surface area contributed by atoms with Crippen LogP contribution in [-0.2, 0) is 21.1 Å². The number of aryl methyl sites for hydroxylation is 4. The van der Waals surface area contributed by atoms with Crippen LogP contribution in [0.3, 0.4) is 0 Å². The molecule has 0 aromatic carbocycles. The highest BCUT2D eigenvalue weighted by atomic mass is 16.2.